The number of nitrogens with one attached hydrogen (secondary N) is 1. The minimum atomic E-state index is 0. The first-order chi connectivity index (χ1) is 9.34. The Hall–Kier alpha value is -0.760. The SMILES string of the molecule is I.NC(=NCC1CCC1)NCCCOCc1ccco1. The number of halogens is 1. The van der Waals surface area contributed by atoms with E-state index < -0.39 is 0 Å². The Labute approximate surface area is 137 Å². The highest BCUT2D eigenvalue weighted by Crippen LogP contribution is 2.26. The summed E-state index contributed by atoms with van der Waals surface area (Å²) < 4.78 is 10.6. The molecule has 114 valence electrons. The number of hydrogen-bond acceptors (Lipinski definition) is 3. The summed E-state index contributed by atoms with van der Waals surface area (Å²) >= 11 is 0. The summed E-state index contributed by atoms with van der Waals surface area (Å²) in [5.41, 5.74) is 5.78. The van der Waals surface area contributed by atoms with Gasteiger partial charge in [-0.05, 0) is 37.3 Å². The van der Waals surface area contributed by atoms with Gasteiger partial charge in [0.15, 0.2) is 5.96 Å². The number of rotatable bonds is 8. The van der Waals surface area contributed by atoms with Crippen molar-refractivity contribution in [3.05, 3.63) is 24.2 Å². The normalized spacial score (nSPS) is 15.5. The monoisotopic (exact) mass is 393 g/mol. The lowest BCUT2D eigenvalue weighted by Gasteiger charge is -2.23. The van der Waals surface area contributed by atoms with Gasteiger partial charge in [0.2, 0.25) is 0 Å². The maximum Gasteiger partial charge on any atom is 0.188 e. The predicted octanol–water partition coefficient (Wildman–Crippen LogP) is 2.51. The molecule has 0 bridgehead atoms. The van der Waals surface area contributed by atoms with Gasteiger partial charge in [0.1, 0.15) is 12.4 Å². The van der Waals surface area contributed by atoms with E-state index in [0.29, 0.717) is 19.2 Å². The number of ether oxygens (including phenoxy) is 1. The smallest absolute Gasteiger partial charge is 0.188 e. The summed E-state index contributed by atoms with van der Waals surface area (Å²) in [4.78, 5) is 4.33. The summed E-state index contributed by atoms with van der Waals surface area (Å²) in [5.74, 6) is 2.17. The van der Waals surface area contributed by atoms with Gasteiger partial charge in [-0.25, -0.2) is 0 Å². The van der Waals surface area contributed by atoms with Gasteiger partial charge in [0.25, 0.3) is 0 Å². The molecule has 0 spiro atoms. The Morgan fingerprint density at radius 2 is 2.35 bits per heavy atom. The molecule has 20 heavy (non-hydrogen) atoms. The van der Waals surface area contributed by atoms with Crippen LogP contribution in [0, 0.1) is 5.92 Å². The molecular formula is C14H24IN3O2. The molecular weight excluding hydrogens is 369 g/mol. The van der Waals surface area contributed by atoms with Crippen LogP contribution >= 0.6 is 24.0 Å². The fourth-order valence-electron chi connectivity index (χ4n) is 1.92. The van der Waals surface area contributed by atoms with Gasteiger partial charge in [0.05, 0.1) is 6.26 Å². The summed E-state index contributed by atoms with van der Waals surface area (Å²) in [7, 11) is 0. The summed E-state index contributed by atoms with van der Waals surface area (Å²) in [5, 5.41) is 3.10. The van der Waals surface area contributed by atoms with Crippen LogP contribution in [0.25, 0.3) is 0 Å². The molecule has 2 rings (SSSR count). The van der Waals surface area contributed by atoms with Crippen molar-refractivity contribution in [1.82, 2.24) is 5.32 Å². The second-order valence-corrected chi connectivity index (χ2v) is 4.94. The number of furan rings is 1. The zero-order chi connectivity index (χ0) is 13.3. The van der Waals surface area contributed by atoms with Crippen LogP contribution in [-0.4, -0.2) is 25.7 Å². The summed E-state index contributed by atoms with van der Waals surface area (Å²) in [6.45, 7) is 2.87. The average molecular weight is 393 g/mol. The maximum atomic E-state index is 5.78. The van der Waals surface area contributed by atoms with E-state index in [1.807, 2.05) is 12.1 Å². The van der Waals surface area contributed by atoms with E-state index in [4.69, 9.17) is 14.9 Å². The van der Waals surface area contributed by atoms with Gasteiger partial charge in [0, 0.05) is 19.7 Å². The van der Waals surface area contributed by atoms with Gasteiger partial charge in [-0.3, -0.25) is 4.99 Å². The molecule has 1 aliphatic carbocycles. The zero-order valence-electron chi connectivity index (χ0n) is 11.7. The third-order valence-corrected chi connectivity index (χ3v) is 3.34. The van der Waals surface area contributed by atoms with E-state index >= 15 is 0 Å². The van der Waals surface area contributed by atoms with Crippen LogP contribution in [0.4, 0.5) is 0 Å². The van der Waals surface area contributed by atoms with E-state index in [9.17, 15) is 0 Å². The molecule has 0 atom stereocenters. The fraction of sp³-hybridized carbons (Fsp3) is 0.643. The third kappa shape index (κ3) is 6.60. The summed E-state index contributed by atoms with van der Waals surface area (Å²) in [6.07, 6.45) is 6.51. The minimum Gasteiger partial charge on any atom is -0.467 e. The Balaban J connectivity index is 0.00000200. The molecule has 0 amide bonds. The van der Waals surface area contributed by atoms with Gasteiger partial charge in [-0.2, -0.15) is 0 Å². The highest BCUT2D eigenvalue weighted by molar-refractivity contribution is 14.0. The Morgan fingerprint density at radius 3 is 3.00 bits per heavy atom. The lowest BCUT2D eigenvalue weighted by Crippen LogP contribution is -2.33. The molecule has 1 aliphatic rings. The molecule has 1 aromatic heterocycles. The Morgan fingerprint density at radius 1 is 1.50 bits per heavy atom. The van der Waals surface area contributed by atoms with E-state index in [2.05, 4.69) is 10.3 Å². The first-order valence-corrected chi connectivity index (χ1v) is 6.98. The molecule has 1 fully saturated rings. The second kappa shape index (κ2) is 10.0. The molecule has 6 heteroatoms. The quantitative estimate of drug-likeness (QED) is 0.308. The van der Waals surface area contributed by atoms with Crippen LogP contribution in [0.15, 0.2) is 27.8 Å². The van der Waals surface area contributed by atoms with Crippen molar-refractivity contribution < 1.29 is 9.15 Å². The van der Waals surface area contributed by atoms with Crippen LogP contribution in [0.3, 0.4) is 0 Å². The van der Waals surface area contributed by atoms with Crippen LogP contribution in [0.2, 0.25) is 0 Å². The van der Waals surface area contributed by atoms with E-state index in [-0.39, 0.29) is 24.0 Å². The molecule has 0 radical (unpaired) electrons. The van der Waals surface area contributed by atoms with Crippen molar-refractivity contribution in [3.8, 4) is 0 Å². The Bertz CT molecular complexity index is 378. The molecule has 1 saturated carbocycles. The largest absolute Gasteiger partial charge is 0.467 e. The first kappa shape index (κ1) is 17.3. The summed E-state index contributed by atoms with van der Waals surface area (Å²) in [6, 6.07) is 3.77. The number of nitrogens with two attached hydrogens (primary N) is 1. The lowest BCUT2D eigenvalue weighted by atomic mass is 9.86. The second-order valence-electron chi connectivity index (χ2n) is 4.94. The number of aliphatic imine (C=N–C) groups is 1. The Kier molecular flexibility index (Phi) is 8.68. The van der Waals surface area contributed by atoms with Crippen molar-refractivity contribution in [1.29, 1.82) is 0 Å². The zero-order valence-corrected chi connectivity index (χ0v) is 14.0. The van der Waals surface area contributed by atoms with E-state index in [1.165, 1.54) is 19.3 Å². The van der Waals surface area contributed by atoms with Gasteiger partial charge >= 0.3 is 0 Å². The van der Waals surface area contributed by atoms with Crippen molar-refractivity contribution in [2.24, 2.45) is 16.6 Å². The van der Waals surface area contributed by atoms with Crippen molar-refractivity contribution in [3.63, 3.8) is 0 Å². The molecule has 3 N–H and O–H groups in total. The molecule has 1 heterocycles. The topological polar surface area (TPSA) is 72.8 Å². The van der Waals surface area contributed by atoms with Crippen molar-refractivity contribution in [2.45, 2.75) is 32.3 Å². The first-order valence-electron chi connectivity index (χ1n) is 6.98. The van der Waals surface area contributed by atoms with Crippen LogP contribution < -0.4 is 11.1 Å². The maximum absolute atomic E-state index is 5.78. The highest BCUT2D eigenvalue weighted by Gasteiger charge is 2.16. The van der Waals surface area contributed by atoms with Crippen LogP contribution in [-0.2, 0) is 11.3 Å². The average Bonchev–Trinajstić information content (AvgIpc) is 2.84. The number of nitrogens with zero attached hydrogens (tertiary/aromatic N) is 1. The highest BCUT2D eigenvalue weighted by atomic mass is 127. The van der Waals surface area contributed by atoms with Gasteiger partial charge in [-0.1, -0.05) is 6.42 Å². The lowest BCUT2D eigenvalue weighted by molar-refractivity contribution is 0.105. The fourth-order valence-corrected chi connectivity index (χ4v) is 1.92. The third-order valence-electron chi connectivity index (χ3n) is 3.34. The molecule has 0 aromatic carbocycles. The number of guanidine groups is 1. The van der Waals surface area contributed by atoms with Gasteiger partial charge < -0.3 is 20.2 Å². The minimum absolute atomic E-state index is 0. The van der Waals surface area contributed by atoms with E-state index in [1.54, 1.807) is 6.26 Å². The molecule has 1 aromatic rings. The van der Waals surface area contributed by atoms with Crippen LogP contribution in [0.1, 0.15) is 31.4 Å². The van der Waals surface area contributed by atoms with Crippen molar-refractivity contribution >= 4 is 29.9 Å². The molecule has 0 unspecified atom stereocenters. The van der Waals surface area contributed by atoms with Gasteiger partial charge in [-0.15, -0.1) is 24.0 Å². The standard InChI is InChI=1S/C14H23N3O2.HI/c15-14(17-10-12-4-1-5-12)16-7-3-8-18-11-13-6-2-9-19-13;/h2,6,9,12H,1,3-5,7-8,10-11H2,(H3,15,16,17);1H. The molecule has 0 saturated heterocycles. The van der Waals surface area contributed by atoms with Crippen LogP contribution in [0.5, 0.6) is 0 Å². The molecule has 5 nitrogen and oxygen atoms in total. The van der Waals surface area contributed by atoms with E-state index in [0.717, 1.165) is 31.2 Å². The van der Waals surface area contributed by atoms with Crippen molar-refractivity contribution in [2.75, 3.05) is 19.7 Å². The number of hydrogen-bond donors (Lipinski definition) is 2. The predicted molar refractivity (Wildman–Crippen MR) is 90.2 cm³/mol. The molecule has 0 aliphatic heterocycles.